The van der Waals surface area contributed by atoms with Crippen molar-refractivity contribution in [3.63, 3.8) is 0 Å². The Bertz CT molecular complexity index is 400. The SMILES string of the molecule is O=CC1CCCN(c2ncc(Br)cc2F)C1. The lowest BCUT2D eigenvalue weighted by Gasteiger charge is -2.31. The molecule has 0 aliphatic carbocycles. The van der Waals surface area contributed by atoms with Gasteiger partial charge in [0.15, 0.2) is 11.6 Å². The largest absolute Gasteiger partial charge is 0.353 e. The highest BCUT2D eigenvalue weighted by atomic mass is 79.9. The van der Waals surface area contributed by atoms with Crippen LogP contribution in [0.2, 0.25) is 0 Å². The average Bonchev–Trinajstić information content (AvgIpc) is 2.29. The molecule has 2 rings (SSSR count). The van der Waals surface area contributed by atoms with Crippen LogP contribution in [0.15, 0.2) is 16.7 Å². The maximum atomic E-state index is 13.6. The lowest BCUT2D eigenvalue weighted by atomic mass is 10.00. The van der Waals surface area contributed by atoms with Crippen LogP contribution in [-0.4, -0.2) is 24.4 Å². The Morgan fingerprint density at radius 3 is 3.12 bits per heavy atom. The van der Waals surface area contributed by atoms with Gasteiger partial charge >= 0.3 is 0 Å². The fourth-order valence-corrected chi connectivity index (χ4v) is 2.26. The van der Waals surface area contributed by atoms with Gasteiger partial charge in [0.05, 0.1) is 0 Å². The number of piperidine rings is 1. The molecule has 0 N–H and O–H groups in total. The number of halogens is 2. The summed E-state index contributed by atoms with van der Waals surface area (Å²) in [7, 11) is 0. The number of anilines is 1. The molecular weight excluding hydrogens is 275 g/mol. The number of aromatic nitrogens is 1. The highest BCUT2D eigenvalue weighted by Crippen LogP contribution is 2.24. The smallest absolute Gasteiger partial charge is 0.166 e. The molecule has 0 bridgehead atoms. The van der Waals surface area contributed by atoms with Gasteiger partial charge in [-0.1, -0.05) is 0 Å². The topological polar surface area (TPSA) is 33.2 Å². The molecule has 1 aliphatic rings. The fraction of sp³-hybridized carbons (Fsp3) is 0.455. The Morgan fingerprint density at radius 2 is 2.44 bits per heavy atom. The van der Waals surface area contributed by atoms with E-state index in [9.17, 15) is 9.18 Å². The van der Waals surface area contributed by atoms with Crippen LogP contribution in [0.5, 0.6) is 0 Å². The summed E-state index contributed by atoms with van der Waals surface area (Å²) in [5.41, 5.74) is 0. The maximum Gasteiger partial charge on any atom is 0.166 e. The van der Waals surface area contributed by atoms with Gasteiger partial charge in [0, 0.05) is 29.7 Å². The van der Waals surface area contributed by atoms with E-state index in [0.29, 0.717) is 16.8 Å². The Balaban J connectivity index is 2.19. The van der Waals surface area contributed by atoms with Crippen LogP contribution in [0.4, 0.5) is 10.2 Å². The molecule has 1 aromatic heterocycles. The van der Waals surface area contributed by atoms with Crippen molar-refractivity contribution >= 4 is 28.0 Å². The molecule has 16 heavy (non-hydrogen) atoms. The van der Waals surface area contributed by atoms with Gasteiger partial charge in [-0.3, -0.25) is 0 Å². The van der Waals surface area contributed by atoms with Crippen molar-refractivity contribution in [2.75, 3.05) is 18.0 Å². The number of hydrogen-bond acceptors (Lipinski definition) is 3. The van der Waals surface area contributed by atoms with E-state index < -0.39 is 0 Å². The number of rotatable bonds is 2. The second-order valence-electron chi connectivity index (χ2n) is 3.94. The van der Waals surface area contributed by atoms with E-state index in [1.54, 1.807) is 6.20 Å². The molecule has 0 radical (unpaired) electrons. The number of carbonyl (C=O) groups is 1. The quantitative estimate of drug-likeness (QED) is 0.783. The maximum absolute atomic E-state index is 13.6. The average molecular weight is 287 g/mol. The molecule has 0 aromatic carbocycles. The van der Waals surface area contributed by atoms with Crippen LogP contribution in [0.25, 0.3) is 0 Å². The van der Waals surface area contributed by atoms with Crippen molar-refractivity contribution in [1.82, 2.24) is 4.98 Å². The first-order valence-corrected chi connectivity index (χ1v) is 6.01. The summed E-state index contributed by atoms with van der Waals surface area (Å²) in [5, 5.41) is 0. The van der Waals surface area contributed by atoms with Gasteiger partial charge in [0.2, 0.25) is 0 Å². The van der Waals surface area contributed by atoms with E-state index in [0.717, 1.165) is 25.7 Å². The van der Waals surface area contributed by atoms with Crippen molar-refractivity contribution in [3.05, 3.63) is 22.6 Å². The summed E-state index contributed by atoms with van der Waals surface area (Å²) >= 11 is 3.17. The Labute approximate surface area is 102 Å². The number of nitrogens with zero attached hydrogens (tertiary/aromatic N) is 2. The van der Waals surface area contributed by atoms with Crippen molar-refractivity contribution in [2.24, 2.45) is 5.92 Å². The summed E-state index contributed by atoms with van der Waals surface area (Å²) in [6.45, 7) is 1.32. The first kappa shape index (κ1) is 11.5. The molecule has 1 atom stereocenters. The third-order valence-electron chi connectivity index (χ3n) is 2.74. The van der Waals surface area contributed by atoms with Crippen molar-refractivity contribution in [1.29, 1.82) is 0 Å². The predicted molar refractivity (Wildman–Crippen MR) is 62.9 cm³/mol. The zero-order valence-electron chi connectivity index (χ0n) is 8.70. The molecule has 1 aromatic rings. The zero-order valence-corrected chi connectivity index (χ0v) is 10.3. The van der Waals surface area contributed by atoms with Gasteiger partial charge in [-0.25, -0.2) is 9.37 Å². The summed E-state index contributed by atoms with van der Waals surface area (Å²) in [6, 6.07) is 1.40. The minimum Gasteiger partial charge on any atom is -0.353 e. The third-order valence-corrected chi connectivity index (χ3v) is 3.17. The number of carbonyl (C=O) groups excluding carboxylic acids is 1. The first-order valence-electron chi connectivity index (χ1n) is 5.22. The zero-order chi connectivity index (χ0) is 11.5. The first-order chi connectivity index (χ1) is 7.70. The number of pyridine rings is 1. The molecule has 2 heterocycles. The van der Waals surface area contributed by atoms with Crippen molar-refractivity contribution < 1.29 is 9.18 Å². The summed E-state index contributed by atoms with van der Waals surface area (Å²) in [5.74, 6) is -0.00530. The van der Waals surface area contributed by atoms with Crippen LogP contribution in [0.3, 0.4) is 0 Å². The fourth-order valence-electron chi connectivity index (χ4n) is 1.95. The lowest BCUT2D eigenvalue weighted by molar-refractivity contribution is -0.111. The van der Waals surface area contributed by atoms with E-state index in [4.69, 9.17) is 0 Å². The second kappa shape index (κ2) is 4.91. The van der Waals surface area contributed by atoms with Gasteiger partial charge in [-0.05, 0) is 34.8 Å². The highest BCUT2D eigenvalue weighted by Gasteiger charge is 2.22. The molecule has 5 heteroatoms. The molecule has 1 saturated heterocycles. The van der Waals surface area contributed by atoms with Crippen molar-refractivity contribution in [3.8, 4) is 0 Å². The summed E-state index contributed by atoms with van der Waals surface area (Å²) in [6.07, 6.45) is 4.31. The Kier molecular flexibility index (Phi) is 3.53. The van der Waals surface area contributed by atoms with Crippen LogP contribution in [-0.2, 0) is 4.79 Å². The van der Waals surface area contributed by atoms with Crippen LogP contribution in [0.1, 0.15) is 12.8 Å². The molecule has 1 fully saturated rings. The van der Waals surface area contributed by atoms with Crippen molar-refractivity contribution in [2.45, 2.75) is 12.8 Å². The highest BCUT2D eigenvalue weighted by molar-refractivity contribution is 9.10. The molecule has 1 aliphatic heterocycles. The van der Waals surface area contributed by atoms with Gasteiger partial charge in [-0.15, -0.1) is 0 Å². The molecule has 3 nitrogen and oxygen atoms in total. The molecule has 0 saturated carbocycles. The van der Waals surface area contributed by atoms with Gasteiger partial charge in [0.1, 0.15) is 6.29 Å². The second-order valence-corrected chi connectivity index (χ2v) is 4.86. The van der Waals surface area contributed by atoms with Crippen LogP contribution < -0.4 is 4.90 Å². The standard InChI is InChI=1S/C11H12BrFN2O/c12-9-4-10(13)11(14-5-9)15-3-1-2-8(6-15)7-16/h4-5,7-8H,1-3,6H2. The minimum atomic E-state index is -0.346. The lowest BCUT2D eigenvalue weighted by Crippen LogP contribution is -2.37. The van der Waals surface area contributed by atoms with E-state index in [2.05, 4.69) is 20.9 Å². The van der Waals surface area contributed by atoms with E-state index in [1.807, 2.05) is 4.90 Å². The molecule has 0 amide bonds. The minimum absolute atomic E-state index is 0.00130. The molecular formula is C11H12BrFN2O. The van der Waals surface area contributed by atoms with Crippen LogP contribution >= 0.6 is 15.9 Å². The van der Waals surface area contributed by atoms with Gasteiger partial charge in [-0.2, -0.15) is 0 Å². The molecule has 0 spiro atoms. The number of aldehydes is 1. The molecule has 86 valence electrons. The van der Waals surface area contributed by atoms with Gasteiger partial charge in [0.25, 0.3) is 0 Å². The van der Waals surface area contributed by atoms with Gasteiger partial charge < -0.3 is 9.69 Å². The third kappa shape index (κ3) is 2.40. The Morgan fingerprint density at radius 1 is 1.62 bits per heavy atom. The summed E-state index contributed by atoms with van der Waals surface area (Å²) in [4.78, 5) is 16.6. The monoisotopic (exact) mass is 286 g/mol. The normalized spacial score (nSPS) is 20.9. The molecule has 1 unspecified atom stereocenters. The van der Waals surface area contributed by atoms with Crippen LogP contribution in [0, 0.1) is 11.7 Å². The van der Waals surface area contributed by atoms with E-state index in [1.165, 1.54) is 6.07 Å². The van der Waals surface area contributed by atoms with E-state index >= 15 is 0 Å². The summed E-state index contributed by atoms with van der Waals surface area (Å²) < 4.78 is 14.3. The predicted octanol–water partition coefficient (Wildman–Crippen LogP) is 2.40. The number of hydrogen-bond donors (Lipinski definition) is 0. The Hall–Kier alpha value is -0.970. The van der Waals surface area contributed by atoms with E-state index in [-0.39, 0.29) is 11.7 Å².